The summed E-state index contributed by atoms with van der Waals surface area (Å²) in [5.74, 6) is -0.0391. The normalized spacial score (nSPS) is 13.9. The summed E-state index contributed by atoms with van der Waals surface area (Å²) in [5, 5.41) is 0.828. The van der Waals surface area contributed by atoms with E-state index in [0.29, 0.717) is 17.1 Å². The number of aryl methyl sites for hydroxylation is 1. The van der Waals surface area contributed by atoms with E-state index in [1.165, 1.54) is 16.9 Å². The summed E-state index contributed by atoms with van der Waals surface area (Å²) >= 11 is 1.37. The molecular formula is C23H20N4OS. The Hall–Kier alpha value is -3.25. The van der Waals surface area contributed by atoms with Gasteiger partial charge >= 0.3 is 0 Å². The van der Waals surface area contributed by atoms with E-state index in [4.69, 9.17) is 10.7 Å². The molecule has 1 aliphatic heterocycles. The van der Waals surface area contributed by atoms with E-state index in [9.17, 15) is 4.79 Å². The van der Waals surface area contributed by atoms with Crippen LogP contribution in [0.2, 0.25) is 0 Å². The molecule has 0 atom stereocenters. The van der Waals surface area contributed by atoms with E-state index in [2.05, 4.69) is 11.1 Å². The molecule has 4 aromatic rings. The van der Waals surface area contributed by atoms with Gasteiger partial charge in [-0.1, -0.05) is 18.2 Å². The van der Waals surface area contributed by atoms with Gasteiger partial charge in [-0.25, -0.2) is 4.98 Å². The fraction of sp³-hybridized carbons (Fsp3) is 0.174. The minimum Gasteiger partial charge on any atom is -0.397 e. The van der Waals surface area contributed by atoms with Gasteiger partial charge in [-0.15, -0.1) is 11.3 Å². The number of hydrogen-bond acceptors (Lipinski definition) is 5. The lowest BCUT2D eigenvalue weighted by atomic mass is 10.1. The average Bonchev–Trinajstić information content (AvgIpc) is 2.95. The van der Waals surface area contributed by atoms with Gasteiger partial charge in [0, 0.05) is 35.6 Å². The first-order valence-corrected chi connectivity index (χ1v) is 10.5. The molecule has 0 saturated heterocycles. The number of rotatable bonds is 2. The van der Waals surface area contributed by atoms with Crippen LogP contribution in [-0.2, 0) is 6.42 Å². The summed E-state index contributed by atoms with van der Waals surface area (Å²) in [6, 6.07) is 15.9. The van der Waals surface area contributed by atoms with Gasteiger partial charge in [-0.05, 0) is 55.2 Å². The van der Waals surface area contributed by atoms with Gasteiger partial charge in [0.15, 0.2) is 0 Å². The summed E-state index contributed by atoms with van der Waals surface area (Å²) in [6.45, 7) is 0.706. The molecule has 0 unspecified atom stereocenters. The van der Waals surface area contributed by atoms with Crippen LogP contribution in [0.1, 0.15) is 28.1 Å². The number of fused-ring (bicyclic) bond motifs is 2. The SMILES string of the molecule is Nc1c(C(=O)N2CCCCc3ccccc32)sc2nc(-c3cccnc3)ccc12. The van der Waals surface area contributed by atoms with Gasteiger partial charge < -0.3 is 10.6 Å². The Morgan fingerprint density at radius 2 is 1.97 bits per heavy atom. The van der Waals surface area contributed by atoms with E-state index in [1.807, 2.05) is 47.4 Å². The van der Waals surface area contributed by atoms with E-state index in [-0.39, 0.29) is 5.91 Å². The second kappa shape index (κ2) is 7.29. The van der Waals surface area contributed by atoms with Gasteiger partial charge in [0.05, 0.1) is 11.4 Å². The number of para-hydroxylation sites is 1. The van der Waals surface area contributed by atoms with Crippen LogP contribution in [-0.4, -0.2) is 22.4 Å². The summed E-state index contributed by atoms with van der Waals surface area (Å²) in [7, 11) is 0. The molecule has 0 aliphatic carbocycles. The molecule has 0 fully saturated rings. The van der Waals surface area contributed by atoms with Crippen molar-refractivity contribution in [3.63, 3.8) is 0 Å². The summed E-state index contributed by atoms with van der Waals surface area (Å²) in [4.78, 5) is 25.6. The van der Waals surface area contributed by atoms with Crippen LogP contribution in [0, 0.1) is 0 Å². The van der Waals surface area contributed by atoms with Crippen molar-refractivity contribution in [2.45, 2.75) is 19.3 Å². The standard InChI is InChI=1S/C23H20N4OS/c24-20-17-10-11-18(16-8-5-12-25-14-16)26-22(17)29-21(20)23(28)27-13-4-3-7-15-6-1-2-9-19(15)27/h1-2,5-6,8-12,14H,3-4,7,13,24H2. The van der Waals surface area contributed by atoms with Gasteiger partial charge in [0.2, 0.25) is 0 Å². The Morgan fingerprint density at radius 3 is 2.83 bits per heavy atom. The van der Waals surface area contributed by atoms with Crippen molar-refractivity contribution < 1.29 is 4.79 Å². The van der Waals surface area contributed by atoms with Crippen LogP contribution in [0.15, 0.2) is 60.9 Å². The van der Waals surface area contributed by atoms with Crippen LogP contribution in [0.5, 0.6) is 0 Å². The zero-order valence-corrected chi connectivity index (χ0v) is 16.7. The fourth-order valence-electron chi connectivity index (χ4n) is 3.86. The number of amides is 1. The van der Waals surface area contributed by atoms with E-state index in [0.717, 1.165) is 46.4 Å². The highest BCUT2D eigenvalue weighted by Gasteiger charge is 2.26. The van der Waals surface area contributed by atoms with Crippen molar-refractivity contribution in [3.05, 3.63) is 71.4 Å². The summed E-state index contributed by atoms with van der Waals surface area (Å²) < 4.78 is 0. The molecule has 0 spiro atoms. The summed E-state index contributed by atoms with van der Waals surface area (Å²) in [6.07, 6.45) is 6.58. The predicted molar refractivity (Wildman–Crippen MR) is 118 cm³/mol. The molecule has 29 heavy (non-hydrogen) atoms. The number of aromatic nitrogens is 2. The molecule has 1 amide bonds. The average molecular weight is 401 g/mol. The van der Waals surface area contributed by atoms with Crippen molar-refractivity contribution in [1.82, 2.24) is 9.97 Å². The number of nitrogens with two attached hydrogens (primary N) is 1. The zero-order valence-electron chi connectivity index (χ0n) is 15.8. The third-order valence-corrected chi connectivity index (χ3v) is 6.45. The summed E-state index contributed by atoms with van der Waals surface area (Å²) in [5.41, 5.74) is 10.9. The fourth-order valence-corrected chi connectivity index (χ4v) is 4.90. The number of thiophene rings is 1. The van der Waals surface area contributed by atoms with Crippen LogP contribution >= 0.6 is 11.3 Å². The highest BCUT2D eigenvalue weighted by atomic mass is 32.1. The topological polar surface area (TPSA) is 72.1 Å². The second-order valence-electron chi connectivity index (χ2n) is 7.18. The minimum atomic E-state index is -0.0391. The van der Waals surface area contributed by atoms with Gasteiger partial charge in [-0.2, -0.15) is 0 Å². The maximum Gasteiger partial charge on any atom is 0.270 e. The number of nitrogens with zero attached hydrogens (tertiary/aromatic N) is 3. The number of anilines is 2. The quantitative estimate of drug-likeness (QED) is 0.518. The minimum absolute atomic E-state index is 0.0391. The van der Waals surface area contributed by atoms with Crippen LogP contribution < -0.4 is 10.6 Å². The first kappa shape index (κ1) is 17.8. The van der Waals surface area contributed by atoms with Crippen LogP contribution in [0.25, 0.3) is 21.5 Å². The predicted octanol–water partition coefficient (Wildman–Crippen LogP) is 4.92. The number of hydrogen-bond donors (Lipinski definition) is 1. The van der Waals surface area contributed by atoms with Gasteiger partial charge in [-0.3, -0.25) is 9.78 Å². The first-order chi connectivity index (χ1) is 14.2. The van der Waals surface area contributed by atoms with Crippen molar-refractivity contribution in [2.75, 3.05) is 17.2 Å². The number of pyridine rings is 2. The molecule has 0 bridgehead atoms. The molecule has 3 aromatic heterocycles. The molecule has 1 aromatic carbocycles. The zero-order chi connectivity index (χ0) is 19.8. The molecule has 0 saturated carbocycles. The third-order valence-electron chi connectivity index (χ3n) is 5.35. The highest BCUT2D eigenvalue weighted by molar-refractivity contribution is 7.21. The molecular weight excluding hydrogens is 380 g/mol. The van der Waals surface area contributed by atoms with Crippen LogP contribution in [0.4, 0.5) is 11.4 Å². The number of carbonyl (C=O) groups excluding carboxylic acids is 1. The van der Waals surface area contributed by atoms with Crippen molar-refractivity contribution in [1.29, 1.82) is 0 Å². The molecule has 0 radical (unpaired) electrons. The lowest BCUT2D eigenvalue weighted by Crippen LogP contribution is -2.31. The van der Waals surface area contributed by atoms with E-state index in [1.54, 1.807) is 12.4 Å². The highest BCUT2D eigenvalue weighted by Crippen LogP contribution is 2.36. The van der Waals surface area contributed by atoms with Gasteiger partial charge in [0.25, 0.3) is 5.91 Å². The molecule has 1 aliphatic rings. The maximum atomic E-state index is 13.5. The smallest absolute Gasteiger partial charge is 0.270 e. The molecule has 6 heteroatoms. The molecule has 144 valence electrons. The second-order valence-corrected chi connectivity index (χ2v) is 8.18. The molecule has 5 rings (SSSR count). The van der Waals surface area contributed by atoms with Crippen LogP contribution in [0.3, 0.4) is 0 Å². The number of nitrogen functional groups attached to an aromatic ring is 1. The Morgan fingerprint density at radius 1 is 1.07 bits per heavy atom. The monoisotopic (exact) mass is 400 g/mol. The largest absolute Gasteiger partial charge is 0.397 e. The van der Waals surface area contributed by atoms with Crippen molar-refractivity contribution >= 4 is 38.8 Å². The molecule has 4 heterocycles. The molecule has 5 nitrogen and oxygen atoms in total. The number of carbonyl (C=O) groups is 1. The first-order valence-electron chi connectivity index (χ1n) is 9.71. The van der Waals surface area contributed by atoms with Crippen molar-refractivity contribution in [2.24, 2.45) is 0 Å². The lowest BCUT2D eigenvalue weighted by molar-refractivity contribution is 0.0991. The van der Waals surface area contributed by atoms with E-state index < -0.39 is 0 Å². The Balaban J connectivity index is 1.57. The third kappa shape index (κ3) is 3.15. The Labute approximate surface area is 172 Å². The van der Waals surface area contributed by atoms with Crippen molar-refractivity contribution in [3.8, 4) is 11.3 Å². The maximum absolute atomic E-state index is 13.5. The Kier molecular flexibility index (Phi) is 4.48. The lowest BCUT2D eigenvalue weighted by Gasteiger charge is -2.22. The van der Waals surface area contributed by atoms with Gasteiger partial charge in [0.1, 0.15) is 9.71 Å². The Bertz CT molecular complexity index is 1200. The van der Waals surface area contributed by atoms with E-state index >= 15 is 0 Å². The molecule has 2 N–H and O–H groups in total. The number of benzene rings is 1.